The molecule has 14 heavy (non-hydrogen) atoms. The second kappa shape index (κ2) is 4.11. The Hall–Kier alpha value is -0.870. The molecular weight excluding hydrogens is 202 g/mol. The molecule has 2 rings (SSSR count). The SMILES string of the molecule is O=c1[nH]nc(C2CCCNC2)cc1Cl. The summed E-state index contributed by atoms with van der Waals surface area (Å²) in [4.78, 5) is 11.0. The van der Waals surface area contributed by atoms with Crippen LogP contribution in [0, 0.1) is 0 Å². The van der Waals surface area contributed by atoms with E-state index in [4.69, 9.17) is 11.6 Å². The second-order valence-electron chi connectivity index (χ2n) is 3.51. The number of aromatic amines is 1. The van der Waals surface area contributed by atoms with Crippen molar-refractivity contribution in [1.29, 1.82) is 0 Å². The van der Waals surface area contributed by atoms with Crippen LogP contribution in [0.3, 0.4) is 0 Å². The summed E-state index contributed by atoms with van der Waals surface area (Å²) < 4.78 is 0. The molecule has 1 saturated heterocycles. The third kappa shape index (κ3) is 1.96. The van der Waals surface area contributed by atoms with Crippen LogP contribution >= 0.6 is 11.6 Å². The predicted molar refractivity (Wildman–Crippen MR) is 54.7 cm³/mol. The molecule has 2 N–H and O–H groups in total. The van der Waals surface area contributed by atoms with Gasteiger partial charge in [0, 0.05) is 12.5 Å². The molecule has 76 valence electrons. The van der Waals surface area contributed by atoms with Crippen molar-refractivity contribution in [1.82, 2.24) is 15.5 Å². The van der Waals surface area contributed by atoms with E-state index in [1.165, 1.54) is 0 Å². The minimum Gasteiger partial charge on any atom is -0.316 e. The fourth-order valence-electron chi connectivity index (χ4n) is 1.71. The molecule has 1 aromatic rings. The van der Waals surface area contributed by atoms with Gasteiger partial charge in [-0.15, -0.1) is 0 Å². The van der Waals surface area contributed by atoms with Crippen LogP contribution in [0.2, 0.25) is 5.02 Å². The van der Waals surface area contributed by atoms with Crippen molar-refractivity contribution in [3.63, 3.8) is 0 Å². The first-order valence-corrected chi connectivity index (χ1v) is 5.11. The van der Waals surface area contributed by atoms with E-state index in [2.05, 4.69) is 15.5 Å². The summed E-state index contributed by atoms with van der Waals surface area (Å²) in [6, 6.07) is 1.66. The van der Waals surface area contributed by atoms with Crippen molar-refractivity contribution in [2.45, 2.75) is 18.8 Å². The van der Waals surface area contributed by atoms with Crippen LogP contribution in [0.25, 0.3) is 0 Å². The van der Waals surface area contributed by atoms with Gasteiger partial charge in [-0.1, -0.05) is 11.6 Å². The number of rotatable bonds is 1. The number of nitrogens with zero attached hydrogens (tertiary/aromatic N) is 1. The Morgan fingerprint density at radius 1 is 1.57 bits per heavy atom. The summed E-state index contributed by atoms with van der Waals surface area (Å²) in [5.41, 5.74) is 0.556. The summed E-state index contributed by atoms with van der Waals surface area (Å²) in [7, 11) is 0. The molecule has 1 aliphatic rings. The highest BCUT2D eigenvalue weighted by atomic mass is 35.5. The van der Waals surface area contributed by atoms with Crippen LogP contribution in [0.4, 0.5) is 0 Å². The minimum absolute atomic E-state index is 0.223. The highest BCUT2D eigenvalue weighted by Gasteiger charge is 2.17. The third-order valence-corrected chi connectivity index (χ3v) is 2.77. The third-order valence-electron chi connectivity index (χ3n) is 2.49. The van der Waals surface area contributed by atoms with Crippen molar-refractivity contribution in [3.05, 3.63) is 27.1 Å². The molecule has 0 radical (unpaired) electrons. The van der Waals surface area contributed by atoms with E-state index < -0.39 is 0 Å². The van der Waals surface area contributed by atoms with E-state index >= 15 is 0 Å². The van der Waals surface area contributed by atoms with Crippen molar-refractivity contribution in [3.8, 4) is 0 Å². The van der Waals surface area contributed by atoms with Crippen molar-refractivity contribution < 1.29 is 0 Å². The monoisotopic (exact) mass is 213 g/mol. The standard InChI is InChI=1S/C9H12ClN3O/c10-7-4-8(12-13-9(7)14)6-2-1-3-11-5-6/h4,6,11H,1-3,5H2,(H,13,14). The quantitative estimate of drug-likeness (QED) is 0.729. The fourth-order valence-corrected chi connectivity index (χ4v) is 1.86. The van der Waals surface area contributed by atoms with Crippen LogP contribution in [0.5, 0.6) is 0 Å². The lowest BCUT2D eigenvalue weighted by molar-refractivity contribution is 0.451. The smallest absolute Gasteiger partial charge is 0.282 e. The molecule has 0 amide bonds. The van der Waals surface area contributed by atoms with Gasteiger partial charge in [-0.05, 0) is 25.5 Å². The molecule has 1 aliphatic heterocycles. The zero-order valence-electron chi connectivity index (χ0n) is 7.72. The van der Waals surface area contributed by atoms with Crippen molar-refractivity contribution in [2.24, 2.45) is 0 Å². The topological polar surface area (TPSA) is 57.8 Å². The van der Waals surface area contributed by atoms with E-state index in [1.54, 1.807) is 6.07 Å². The van der Waals surface area contributed by atoms with Crippen LogP contribution in [-0.2, 0) is 0 Å². The van der Waals surface area contributed by atoms with Gasteiger partial charge in [0.05, 0.1) is 5.69 Å². The van der Waals surface area contributed by atoms with E-state index in [0.717, 1.165) is 31.6 Å². The average Bonchev–Trinajstić information content (AvgIpc) is 2.23. The summed E-state index contributed by atoms with van der Waals surface area (Å²) in [6.45, 7) is 1.98. The lowest BCUT2D eigenvalue weighted by Crippen LogP contribution is -2.29. The maximum Gasteiger partial charge on any atom is 0.282 e. The normalized spacial score (nSPS) is 22.2. The molecule has 0 saturated carbocycles. The Balaban J connectivity index is 2.22. The van der Waals surface area contributed by atoms with Gasteiger partial charge in [-0.25, -0.2) is 5.10 Å². The van der Waals surface area contributed by atoms with E-state index in [1.807, 2.05) is 0 Å². The number of hydrogen-bond acceptors (Lipinski definition) is 3. The zero-order valence-corrected chi connectivity index (χ0v) is 8.47. The van der Waals surface area contributed by atoms with Gasteiger partial charge in [-0.3, -0.25) is 4.79 Å². The molecular formula is C9H12ClN3O. The lowest BCUT2D eigenvalue weighted by Gasteiger charge is -2.21. The van der Waals surface area contributed by atoms with E-state index in [-0.39, 0.29) is 10.6 Å². The van der Waals surface area contributed by atoms with Gasteiger partial charge >= 0.3 is 0 Å². The zero-order chi connectivity index (χ0) is 9.97. The summed E-state index contributed by atoms with van der Waals surface area (Å²) in [5, 5.41) is 9.92. The number of nitrogens with one attached hydrogen (secondary N) is 2. The maximum absolute atomic E-state index is 11.0. The molecule has 4 nitrogen and oxygen atoms in total. The van der Waals surface area contributed by atoms with Crippen LogP contribution in [0.15, 0.2) is 10.9 Å². The number of halogens is 1. The van der Waals surface area contributed by atoms with E-state index in [9.17, 15) is 4.79 Å². The van der Waals surface area contributed by atoms with Gasteiger partial charge in [0.25, 0.3) is 5.56 Å². The van der Waals surface area contributed by atoms with Crippen molar-refractivity contribution >= 4 is 11.6 Å². The van der Waals surface area contributed by atoms with Gasteiger partial charge in [0.1, 0.15) is 5.02 Å². The average molecular weight is 214 g/mol. The Labute approximate surface area is 86.7 Å². The molecule has 0 aromatic carbocycles. The molecule has 1 atom stereocenters. The second-order valence-corrected chi connectivity index (χ2v) is 3.92. The summed E-state index contributed by atoms with van der Waals surface area (Å²) in [6.07, 6.45) is 2.24. The van der Waals surface area contributed by atoms with Gasteiger partial charge in [0.2, 0.25) is 0 Å². The summed E-state index contributed by atoms with van der Waals surface area (Å²) >= 11 is 5.73. The molecule has 1 unspecified atom stereocenters. The number of H-pyrrole nitrogens is 1. The van der Waals surface area contributed by atoms with Crippen LogP contribution in [0.1, 0.15) is 24.5 Å². The van der Waals surface area contributed by atoms with Gasteiger partial charge in [-0.2, -0.15) is 5.10 Å². The Morgan fingerprint density at radius 3 is 3.07 bits per heavy atom. The molecule has 0 aliphatic carbocycles. The molecule has 5 heteroatoms. The molecule has 0 bridgehead atoms. The van der Waals surface area contributed by atoms with Gasteiger partial charge < -0.3 is 5.32 Å². The highest BCUT2D eigenvalue weighted by molar-refractivity contribution is 6.30. The Kier molecular flexibility index (Phi) is 2.84. The lowest BCUT2D eigenvalue weighted by atomic mass is 9.96. The number of hydrogen-bond donors (Lipinski definition) is 2. The Bertz CT molecular complexity index is 371. The first-order chi connectivity index (χ1) is 6.77. The maximum atomic E-state index is 11.0. The molecule has 1 aromatic heterocycles. The highest BCUT2D eigenvalue weighted by Crippen LogP contribution is 2.21. The largest absolute Gasteiger partial charge is 0.316 e. The van der Waals surface area contributed by atoms with Crippen LogP contribution in [-0.4, -0.2) is 23.3 Å². The first kappa shape index (κ1) is 9.68. The minimum atomic E-state index is -0.320. The predicted octanol–water partition coefficient (Wildman–Crippen LogP) is 0.890. The first-order valence-electron chi connectivity index (χ1n) is 4.73. The molecule has 1 fully saturated rings. The van der Waals surface area contributed by atoms with Gasteiger partial charge in [0.15, 0.2) is 0 Å². The van der Waals surface area contributed by atoms with E-state index in [0.29, 0.717) is 5.92 Å². The Morgan fingerprint density at radius 2 is 2.43 bits per heavy atom. The summed E-state index contributed by atoms with van der Waals surface area (Å²) in [5.74, 6) is 0.373. The molecule has 2 heterocycles. The number of aromatic nitrogens is 2. The molecule has 0 spiro atoms. The van der Waals surface area contributed by atoms with Crippen molar-refractivity contribution in [2.75, 3.05) is 13.1 Å². The van der Waals surface area contributed by atoms with Crippen LogP contribution < -0.4 is 10.9 Å². The fraction of sp³-hybridized carbons (Fsp3) is 0.556. The number of piperidine rings is 1.